The Kier molecular flexibility index (Phi) is 5.53. The van der Waals surface area contributed by atoms with E-state index >= 15 is 0 Å². The molecule has 1 aliphatic carbocycles. The molecule has 144 valence electrons. The quantitative estimate of drug-likeness (QED) is 0.726. The summed E-state index contributed by atoms with van der Waals surface area (Å²) in [7, 11) is 0. The molecular formula is C21H27N3O2S. The summed E-state index contributed by atoms with van der Waals surface area (Å²) >= 11 is 1.34. The lowest BCUT2D eigenvalue weighted by atomic mass is 9.75. The van der Waals surface area contributed by atoms with Crippen molar-refractivity contribution in [3.05, 3.63) is 29.3 Å². The van der Waals surface area contributed by atoms with Crippen molar-refractivity contribution in [3.63, 3.8) is 0 Å². The second-order valence-electron chi connectivity index (χ2n) is 7.97. The lowest BCUT2D eigenvalue weighted by Gasteiger charge is -2.41. The van der Waals surface area contributed by atoms with Gasteiger partial charge in [0.2, 0.25) is 11.8 Å². The highest BCUT2D eigenvalue weighted by molar-refractivity contribution is 7.99. The van der Waals surface area contributed by atoms with Crippen molar-refractivity contribution in [2.75, 3.05) is 18.8 Å². The number of carbonyl (C=O) groups excluding carboxylic acids is 1. The summed E-state index contributed by atoms with van der Waals surface area (Å²) in [6.45, 7) is 5.94. The van der Waals surface area contributed by atoms with Gasteiger partial charge in [0.25, 0.3) is 5.22 Å². The molecule has 27 heavy (non-hydrogen) atoms. The van der Waals surface area contributed by atoms with Crippen LogP contribution in [0.25, 0.3) is 11.5 Å². The van der Waals surface area contributed by atoms with Crippen LogP contribution in [-0.2, 0) is 4.79 Å². The first-order chi connectivity index (χ1) is 13.1. The van der Waals surface area contributed by atoms with Gasteiger partial charge >= 0.3 is 0 Å². The number of amides is 1. The smallest absolute Gasteiger partial charge is 0.277 e. The third kappa shape index (κ3) is 4.37. The Morgan fingerprint density at radius 3 is 2.63 bits per heavy atom. The molecule has 1 aliphatic heterocycles. The van der Waals surface area contributed by atoms with Crippen LogP contribution in [0.3, 0.4) is 0 Å². The molecule has 0 bridgehead atoms. The van der Waals surface area contributed by atoms with E-state index in [4.69, 9.17) is 4.42 Å². The van der Waals surface area contributed by atoms with Gasteiger partial charge in [-0.25, -0.2) is 0 Å². The fourth-order valence-electron chi connectivity index (χ4n) is 4.53. The first-order valence-corrected chi connectivity index (χ1v) is 10.9. The lowest BCUT2D eigenvalue weighted by Crippen LogP contribution is -2.45. The number of nitrogens with zero attached hydrogens (tertiary/aromatic N) is 3. The van der Waals surface area contributed by atoms with Gasteiger partial charge in [-0.2, -0.15) is 0 Å². The Morgan fingerprint density at radius 2 is 1.85 bits per heavy atom. The molecule has 2 atom stereocenters. The molecule has 2 fully saturated rings. The highest BCUT2D eigenvalue weighted by Gasteiger charge is 2.32. The Bertz CT molecular complexity index is 799. The van der Waals surface area contributed by atoms with Crippen LogP contribution in [0.2, 0.25) is 0 Å². The number of likely N-dealkylation sites (tertiary alicyclic amines) is 1. The average Bonchev–Trinajstić information content (AvgIpc) is 3.14. The van der Waals surface area contributed by atoms with Crippen LogP contribution >= 0.6 is 11.8 Å². The molecule has 0 radical (unpaired) electrons. The van der Waals surface area contributed by atoms with E-state index in [1.807, 2.05) is 17.0 Å². The van der Waals surface area contributed by atoms with Crippen molar-refractivity contribution in [2.24, 2.45) is 11.8 Å². The minimum Gasteiger partial charge on any atom is -0.411 e. The zero-order valence-corrected chi connectivity index (χ0v) is 16.9. The molecular weight excluding hydrogens is 358 g/mol. The van der Waals surface area contributed by atoms with Crippen LogP contribution in [-0.4, -0.2) is 39.8 Å². The summed E-state index contributed by atoms with van der Waals surface area (Å²) in [5, 5.41) is 8.72. The van der Waals surface area contributed by atoms with Crippen LogP contribution in [0, 0.1) is 25.7 Å². The van der Waals surface area contributed by atoms with Gasteiger partial charge in [0.05, 0.1) is 5.75 Å². The van der Waals surface area contributed by atoms with Crippen LogP contribution < -0.4 is 0 Å². The van der Waals surface area contributed by atoms with E-state index in [0.717, 1.165) is 24.6 Å². The zero-order chi connectivity index (χ0) is 18.8. The Balaban J connectivity index is 1.34. The number of aromatic nitrogens is 2. The summed E-state index contributed by atoms with van der Waals surface area (Å²) < 4.78 is 5.77. The monoisotopic (exact) mass is 385 g/mol. The molecule has 0 unspecified atom stereocenters. The molecule has 2 aliphatic rings. The van der Waals surface area contributed by atoms with Crippen LogP contribution in [0.1, 0.15) is 43.2 Å². The van der Waals surface area contributed by atoms with E-state index < -0.39 is 0 Å². The van der Waals surface area contributed by atoms with E-state index in [0.29, 0.717) is 22.8 Å². The number of fused-ring (bicyclic) bond motifs is 1. The molecule has 0 spiro atoms. The number of thioether (sulfide) groups is 1. The Labute approximate surface area is 164 Å². The van der Waals surface area contributed by atoms with Gasteiger partial charge in [-0.15, -0.1) is 10.2 Å². The van der Waals surface area contributed by atoms with Crippen LogP contribution in [0.15, 0.2) is 27.8 Å². The maximum Gasteiger partial charge on any atom is 0.277 e. The standard InChI is InChI=1S/C21H27N3O2S/c1-14-9-15(2)11-18(10-14)20-22-23-21(26-20)27-13-19(25)24-8-7-16-5-3-4-6-17(16)12-24/h9-11,16-17H,3-8,12-13H2,1-2H3/t16-,17+/m0/s1. The second kappa shape index (κ2) is 8.05. The van der Waals surface area contributed by atoms with E-state index in [1.165, 1.54) is 55.0 Å². The highest BCUT2D eigenvalue weighted by atomic mass is 32.2. The van der Waals surface area contributed by atoms with Crippen LogP contribution in [0.4, 0.5) is 0 Å². The molecule has 1 saturated heterocycles. The fourth-order valence-corrected chi connectivity index (χ4v) is 5.19. The molecule has 1 aromatic heterocycles. The van der Waals surface area contributed by atoms with Gasteiger partial charge in [-0.05, 0) is 50.7 Å². The van der Waals surface area contributed by atoms with Gasteiger partial charge in [0.1, 0.15) is 0 Å². The maximum atomic E-state index is 12.6. The van der Waals surface area contributed by atoms with E-state index in [-0.39, 0.29) is 5.91 Å². The second-order valence-corrected chi connectivity index (χ2v) is 8.90. The summed E-state index contributed by atoms with van der Waals surface area (Å²) in [4.78, 5) is 14.7. The molecule has 2 heterocycles. The van der Waals surface area contributed by atoms with E-state index in [9.17, 15) is 4.79 Å². The van der Waals surface area contributed by atoms with E-state index in [1.54, 1.807) is 0 Å². The minimum atomic E-state index is 0.190. The molecule has 4 rings (SSSR count). The van der Waals surface area contributed by atoms with Gasteiger partial charge in [0, 0.05) is 18.7 Å². The maximum absolute atomic E-state index is 12.6. The molecule has 1 saturated carbocycles. The third-order valence-corrected chi connectivity index (χ3v) is 6.64. The largest absolute Gasteiger partial charge is 0.411 e. The number of carbonyl (C=O) groups is 1. The molecule has 1 amide bonds. The Morgan fingerprint density at radius 1 is 1.11 bits per heavy atom. The Hall–Kier alpha value is -1.82. The van der Waals surface area contributed by atoms with Crippen molar-refractivity contribution in [1.82, 2.24) is 15.1 Å². The number of rotatable bonds is 4. The highest BCUT2D eigenvalue weighted by Crippen LogP contribution is 2.36. The summed E-state index contributed by atoms with van der Waals surface area (Å²) in [6, 6.07) is 6.19. The van der Waals surface area contributed by atoms with Crippen molar-refractivity contribution in [2.45, 2.75) is 51.2 Å². The molecule has 6 heteroatoms. The van der Waals surface area contributed by atoms with Gasteiger partial charge in [-0.3, -0.25) is 4.79 Å². The van der Waals surface area contributed by atoms with Crippen molar-refractivity contribution >= 4 is 17.7 Å². The topological polar surface area (TPSA) is 59.2 Å². The van der Waals surface area contributed by atoms with Gasteiger partial charge in [0.15, 0.2) is 0 Å². The number of benzene rings is 1. The number of aryl methyl sites for hydroxylation is 2. The van der Waals surface area contributed by atoms with Crippen molar-refractivity contribution < 1.29 is 9.21 Å². The molecule has 1 aromatic carbocycles. The first kappa shape index (κ1) is 18.5. The van der Waals surface area contributed by atoms with Gasteiger partial charge in [-0.1, -0.05) is 48.2 Å². The SMILES string of the molecule is Cc1cc(C)cc(-c2nnc(SCC(=O)N3CC[C@@H]4CCCC[C@@H]4C3)o2)c1. The van der Waals surface area contributed by atoms with Crippen LogP contribution in [0.5, 0.6) is 0 Å². The lowest BCUT2D eigenvalue weighted by molar-refractivity contribution is -0.131. The molecule has 0 N–H and O–H groups in total. The summed E-state index contributed by atoms with van der Waals surface area (Å²) in [5.41, 5.74) is 3.26. The first-order valence-electron chi connectivity index (χ1n) is 9.91. The predicted octanol–water partition coefficient (Wildman–Crippen LogP) is 4.48. The number of hydrogen-bond acceptors (Lipinski definition) is 5. The fraction of sp³-hybridized carbons (Fsp3) is 0.571. The van der Waals surface area contributed by atoms with Crippen molar-refractivity contribution in [1.29, 1.82) is 0 Å². The van der Waals surface area contributed by atoms with Crippen molar-refractivity contribution in [3.8, 4) is 11.5 Å². The summed E-state index contributed by atoms with van der Waals surface area (Å²) in [5.74, 6) is 2.62. The number of piperidine rings is 1. The minimum absolute atomic E-state index is 0.190. The molecule has 2 aromatic rings. The van der Waals surface area contributed by atoms with Gasteiger partial charge < -0.3 is 9.32 Å². The summed E-state index contributed by atoms with van der Waals surface area (Å²) in [6.07, 6.45) is 6.49. The normalized spacial score (nSPS) is 22.5. The predicted molar refractivity (Wildman–Crippen MR) is 107 cm³/mol. The third-order valence-electron chi connectivity index (χ3n) is 5.84. The van der Waals surface area contributed by atoms with E-state index in [2.05, 4.69) is 30.1 Å². The number of hydrogen-bond donors (Lipinski definition) is 0. The average molecular weight is 386 g/mol. The molecule has 5 nitrogen and oxygen atoms in total. The zero-order valence-electron chi connectivity index (χ0n) is 16.1.